The molecule has 0 bridgehead atoms. The van der Waals surface area contributed by atoms with Gasteiger partial charge in [0.1, 0.15) is 0 Å². The highest BCUT2D eigenvalue weighted by molar-refractivity contribution is 5.95. The van der Waals surface area contributed by atoms with Crippen LogP contribution in [-0.2, 0) is 23.9 Å². The molecule has 1 heterocycles. The molecule has 156 valence electrons. The summed E-state index contributed by atoms with van der Waals surface area (Å²) in [4.78, 5) is 14.3. The molecule has 0 saturated carbocycles. The van der Waals surface area contributed by atoms with E-state index in [-0.39, 0.29) is 11.3 Å². The molecule has 3 rings (SSSR count). The number of halogens is 3. The van der Waals surface area contributed by atoms with Gasteiger partial charge in [0.05, 0.1) is 16.9 Å². The van der Waals surface area contributed by atoms with Gasteiger partial charge in [-0.2, -0.15) is 13.2 Å². The monoisotopic (exact) mass is 405 g/mol. The Morgan fingerprint density at radius 3 is 2.38 bits per heavy atom. The third kappa shape index (κ3) is 5.22. The maximum atomic E-state index is 12.7. The minimum Gasteiger partial charge on any atom is -0.397 e. The van der Waals surface area contributed by atoms with Crippen molar-refractivity contribution in [2.24, 2.45) is 5.41 Å². The van der Waals surface area contributed by atoms with Crippen LogP contribution in [0, 0.1) is 5.41 Å². The second-order valence-electron chi connectivity index (χ2n) is 8.72. The number of nitrogens with two attached hydrogens (primary N) is 1. The lowest BCUT2D eigenvalue weighted by atomic mass is 9.92. The summed E-state index contributed by atoms with van der Waals surface area (Å²) in [6.07, 6.45) is -3.15. The third-order valence-electron chi connectivity index (χ3n) is 4.86. The maximum Gasteiger partial charge on any atom is 0.416 e. The minimum absolute atomic E-state index is 0.0799. The van der Waals surface area contributed by atoms with E-state index in [2.05, 4.69) is 10.2 Å². The Morgan fingerprint density at radius 1 is 1.14 bits per heavy atom. The van der Waals surface area contributed by atoms with Crippen LogP contribution in [0.5, 0.6) is 0 Å². The second kappa shape index (κ2) is 7.61. The molecule has 1 aliphatic rings. The molecule has 0 aliphatic carbocycles. The molecule has 0 aromatic heterocycles. The van der Waals surface area contributed by atoms with Crippen LogP contribution >= 0.6 is 0 Å². The summed E-state index contributed by atoms with van der Waals surface area (Å²) in [6, 6.07) is 8.96. The molecular formula is C22H26F3N3O. The van der Waals surface area contributed by atoms with Gasteiger partial charge in [0, 0.05) is 25.2 Å². The van der Waals surface area contributed by atoms with Crippen LogP contribution in [0.25, 0.3) is 0 Å². The first-order chi connectivity index (χ1) is 13.4. The normalized spacial score (nSPS) is 14.1. The number of rotatable bonds is 4. The average Bonchev–Trinajstić information content (AvgIpc) is 2.95. The van der Waals surface area contributed by atoms with Crippen molar-refractivity contribution < 1.29 is 18.0 Å². The van der Waals surface area contributed by atoms with Crippen molar-refractivity contribution in [1.29, 1.82) is 0 Å². The molecule has 1 aliphatic heterocycles. The van der Waals surface area contributed by atoms with Crippen LogP contribution in [0.3, 0.4) is 0 Å². The Morgan fingerprint density at radius 2 is 1.79 bits per heavy atom. The quantitative estimate of drug-likeness (QED) is 0.685. The zero-order valence-corrected chi connectivity index (χ0v) is 16.9. The standard InChI is InChI=1S/C22H26F3N3O/c1-21(2,3)12-20(29)27-18-10-15-8-9-28(19(15)11-17(18)26)13-14-4-6-16(7-5-14)22(23,24)25/h4-7,10-11H,8-9,12-13,26H2,1-3H3,(H,27,29). The van der Waals surface area contributed by atoms with Crippen LogP contribution in [0.4, 0.5) is 30.2 Å². The van der Waals surface area contributed by atoms with Crippen LogP contribution in [0.2, 0.25) is 0 Å². The second-order valence-corrected chi connectivity index (χ2v) is 8.72. The molecule has 1 amide bonds. The topological polar surface area (TPSA) is 58.4 Å². The first-order valence-corrected chi connectivity index (χ1v) is 9.56. The molecular weight excluding hydrogens is 379 g/mol. The number of carbonyl (C=O) groups is 1. The van der Waals surface area contributed by atoms with Gasteiger partial charge in [-0.25, -0.2) is 0 Å². The molecule has 3 N–H and O–H groups in total. The lowest BCUT2D eigenvalue weighted by molar-refractivity contribution is -0.137. The summed E-state index contributed by atoms with van der Waals surface area (Å²) in [5.74, 6) is -0.0799. The van der Waals surface area contributed by atoms with Gasteiger partial charge in [0.15, 0.2) is 0 Å². The smallest absolute Gasteiger partial charge is 0.397 e. The fraction of sp³-hybridized carbons (Fsp3) is 0.409. The van der Waals surface area contributed by atoms with E-state index in [0.29, 0.717) is 24.3 Å². The molecule has 4 nitrogen and oxygen atoms in total. The van der Waals surface area contributed by atoms with E-state index in [9.17, 15) is 18.0 Å². The number of hydrogen-bond acceptors (Lipinski definition) is 3. The summed E-state index contributed by atoms with van der Waals surface area (Å²) in [5.41, 5.74) is 9.30. The number of hydrogen-bond donors (Lipinski definition) is 2. The van der Waals surface area contributed by atoms with Crippen molar-refractivity contribution in [1.82, 2.24) is 0 Å². The number of nitrogens with zero attached hydrogens (tertiary/aromatic N) is 1. The van der Waals surface area contributed by atoms with Gasteiger partial charge in [-0.05, 0) is 47.2 Å². The zero-order valence-electron chi connectivity index (χ0n) is 16.9. The number of fused-ring (bicyclic) bond motifs is 1. The van der Waals surface area contributed by atoms with Gasteiger partial charge in [0.2, 0.25) is 5.91 Å². The van der Waals surface area contributed by atoms with Crippen LogP contribution in [-0.4, -0.2) is 12.5 Å². The van der Waals surface area contributed by atoms with E-state index in [1.807, 2.05) is 32.9 Å². The van der Waals surface area contributed by atoms with Gasteiger partial charge >= 0.3 is 6.18 Å². The lowest BCUT2D eigenvalue weighted by Gasteiger charge is -2.21. The molecule has 0 fully saturated rings. The Hall–Kier alpha value is -2.70. The number of amides is 1. The Balaban J connectivity index is 1.73. The van der Waals surface area contributed by atoms with E-state index in [1.54, 1.807) is 0 Å². The van der Waals surface area contributed by atoms with Crippen molar-refractivity contribution in [3.8, 4) is 0 Å². The highest BCUT2D eigenvalue weighted by atomic mass is 19.4. The molecule has 0 radical (unpaired) electrons. The van der Waals surface area contributed by atoms with E-state index in [1.165, 1.54) is 12.1 Å². The number of nitrogens with one attached hydrogen (secondary N) is 1. The molecule has 2 aromatic rings. The van der Waals surface area contributed by atoms with Crippen LogP contribution in [0.1, 0.15) is 43.9 Å². The number of benzene rings is 2. The van der Waals surface area contributed by atoms with Gasteiger partial charge in [-0.1, -0.05) is 32.9 Å². The Labute approximate surface area is 168 Å². The van der Waals surface area contributed by atoms with Crippen LogP contribution < -0.4 is 16.0 Å². The van der Waals surface area contributed by atoms with Crippen molar-refractivity contribution in [2.45, 2.75) is 46.3 Å². The lowest BCUT2D eigenvalue weighted by Crippen LogP contribution is -2.21. The molecule has 7 heteroatoms. The molecule has 2 aromatic carbocycles. The van der Waals surface area contributed by atoms with Crippen LogP contribution in [0.15, 0.2) is 36.4 Å². The van der Waals surface area contributed by atoms with Crippen molar-refractivity contribution in [3.63, 3.8) is 0 Å². The largest absolute Gasteiger partial charge is 0.416 e. The minimum atomic E-state index is -4.33. The van der Waals surface area contributed by atoms with E-state index in [4.69, 9.17) is 5.73 Å². The van der Waals surface area contributed by atoms with Crippen molar-refractivity contribution >= 4 is 23.0 Å². The first kappa shape index (κ1) is 21.0. The summed E-state index contributed by atoms with van der Waals surface area (Å²) in [7, 11) is 0. The number of carbonyl (C=O) groups excluding carboxylic acids is 1. The van der Waals surface area contributed by atoms with Gasteiger partial charge < -0.3 is 16.0 Å². The highest BCUT2D eigenvalue weighted by Crippen LogP contribution is 2.36. The summed E-state index contributed by atoms with van der Waals surface area (Å²) < 4.78 is 38.2. The van der Waals surface area contributed by atoms with E-state index in [0.717, 1.165) is 41.9 Å². The number of anilines is 3. The third-order valence-corrected chi connectivity index (χ3v) is 4.86. The van der Waals surface area contributed by atoms with Crippen molar-refractivity contribution in [3.05, 3.63) is 53.1 Å². The predicted molar refractivity (Wildman–Crippen MR) is 110 cm³/mol. The molecule has 0 spiro atoms. The number of nitrogen functional groups attached to an aromatic ring is 1. The Kier molecular flexibility index (Phi) is 5.52. The summed E-state index contributed by atoms with van der Waals surface area (Å²) >= 11 is 0. The van der Waals surface area contributed by atoms with Gasteiger partial charge in [-0.15, -0.1) is 0 Å². The molecule has 0 atom stereocenters. The predicted octanol–water partition coefficient (Wildman–Crippen LogP) is 5.23. The van der Waals surface area contributed by atoms with Gasteiger partial charge in [0.25, 0.3) is 0 Å². The Bertz CT molecular complexity index is 899. The van der Waals surface area contributed by atoms with Crippen molar-refractivity contribution in [2.75, 3.05) is 22.5 Å². The SMILES string of the molecule is CC(C)(C)CC(=O)Nc1cc2c(cc1N)N(Cc1ccc(C(F)(F)F)cc1)CC2. The fourth-order valence-electron chi connectivity index (χ4n) is 3.49. The summed E-state index contributed by atoms with van der Waals surface area (Å²) in [5, 5.41) is 2.89. The molecule has 0 unspecified atom stereocenters. The first-order valence-electron chi connectivity index (χ1n) is 9.56. The average molecular weight is 405 g/mol. The zero-order chi connectivity index (χ0) is 21.4. The molecule has 0 saturated heterocycles. The fourth-order valence-corrected chi connectivity index (χ4v) is 3.49. The number of alkyl halides is 3. The van der Waals surface area contributed by atoms with Gasteiger partial charge in [-0.3, -0.25) is 4.79 Å². The molecule has 29 heavy (non-hydrogen) atoms. The van der Waals surface area contributed by atoms with E-state index >= 15 is 0 Å². The maximum absolute atomic E-state index is 12.7. The van der Waals surface area contributed by atoms with E-state index < -0.39 is 11.7 Å². The highest BCUT2D eigenvalue weighted by Gasteiger charge is 2.30. The summed E-state index contributed by atoms with van der Waals surface area (Å²) in [6.45, 7) is 7.24.